The van der Waals surface area contributed by atoms with E-state index in [1.54, 1.807) is 5.01 Å². The Morgan fingerprint density at radius 1 is 1.23 bits per heavy atom. The third-order valence-electron chi connectivity index (χ3n) is 4.64. The molecule has 1 aromatic heterocycles. The van der Waals surface area contributed by atoms with Crippen LogP contribution in [0.4, 0.5) is 0 Å². The van der Waals surface area contributed by atoms with Crippen molar-refractivity contribution in [2.24, 2.45) is 5.10 Å². The number of thioether (sulfide) groups is 1. The van der Waals surface area contributed by atoms with Gasteiger partial charge in [-0.25, -0.2) is 5.01 Å². The highest BCUT2D eigenvalue weighted by atomic mass is 32.2. The summed E-state index contributed by atoms with van der Waals surface area (Å²) in [5.74, 6) is 1.73. The van der Waals surface area contributed by atoms with Crippen LogP contribution in [0, 0.1) is 0 Å². The van der Waals surface area contributed by atoms with Crippen molar-refractivity contribution in [1.29, 1.82) is 0 Å². The first-order valence-corrected chi connectivity index (χ1v) is 10.1. The zero-order valence-electron chi connectivity index (χ0n) is 15.1. The Bertz CT molecular complexity index is 826. The Hall–Kier alpha value is -2.15. The van der Waals surface area contributed by atoms with E-state index in [2.05, 4.69) is 33.7 Å². The lowest BCUT2D eigenvalue weighted by Gasteiger charge is -2.12. The van der Waals surface area contributed by atoms with Gasteiger partial charge in [-0.1, -0.05) is 55.9 Å². The van der Waals surface area contributed by atoms with E-state index >= 15 is 0 Å². The number of carbonyl (C=O) groups is 1. The summed E-state index contributed by atoms with van der Waals surface area (Å²) < 4.78 is 2.23. The van der Waals surface area contributed by atoms with Crippen LogP contribution in [-0.4, -0.2) is 43.7 Å². The highest BCUT2D eigenvalue weighted by molar-refractivity contribution is 7.99. The van der Waals surface area contributed by atoms with E-state index in [4.69, 9.17) is 0 Å². The first kappa shape index (κ1) is 17.3. The fourth-order valence-electron chi connectivity index (χ4n) is 3.13. The third kappa shape index (κ3) is 3.53. The Morgan fingerprint density at radius 2 is 2.00 bits per heavy atom. The van der Waals surface area contributed by atoms with Gasteiger partial charge in [0, 0.05) is 18.4 Å². The summed E-state index contributed by atoms with van der Waals surface area (Å²) in [6, 6.07) is 10.6. The number of benzene rings is 1. The van der Waals surface area contributed by atoms with E-state index in [1.165, 1.54) is 24.6 Å². The number of aromatic nitrogens is 3. The molecule has 1 aliphatic heterocycles. The first-order valence-electron chi connectivity index (χ1n) is 9.14. The summed E-state index contributed by atoms with van der Waals surface area (Å²) in [6.07, 6.45) is 3.16. The van der Waals surface area contributed by atoms with Crippen molar-refractivity contribution in [2.45, 2.75) is 50.2 Å². The molecule has 0 N–H and O–H groups in total. The van der Waals surface area contributed by atoms with Crippen LogP contribution < -0.4 is 0 Å². The lowest BCUT2D eigenvalue weighted by atomic mass is 10.1. The Kier molecular flexibility index (Phi) is 4.80. The average molecular weight is 369 g/mol. The molecule has 0 spiro atoms. The maximum atomic E-state index is 12.6. The van der Waals surface area contributed by atoms with E-state index in [-0.39, 0.29) is 5.91 Å². The lowest BCUT2D eigenvalue weighted by molar-refractivity contribution is -0.127. The van der Waals surface area contributed by atoms with Gasteiger partial charge in [-0.05, 0) is 18.4 Å². The monoisotopic (exact) mass is 369 g/mol. The Labute approximate surface area is 157 Å². The quantitative estimate of drug-likeness (QED) is 0.732. The van der Waals surface area contributed by atoms with Crippen LogP contribution in [0.25, 0.3) is 0 Å². The molecule has 7 heteroatoms. The molecule has 1 aromatic carbocycles. The normalized spacial score (nSPS) is 17.0. The number of hydrogen-bond donors (Lipinski definition) is 0. The van der Waals surface area contributed by atoms with Crippen LogP contribution in [0.1, 0.15) is 56.5 Å². The topological polar surface area (TPSA) is 63.4 Å². The molecule has 0 radical (unpaired) electrons. The smallest absolute Gasteiger partial charge is 0.253 e. The van der Waals surface area contributed by atoms with Crippen molar-refractivity contribution in [3.63, 3.8) is 0 Å². The number of hydrazone groups is 1. The van der Waals surface area contributed by atoms with Gasteiger partial charge in [0.05, 0.1) is 18.0 Å². The van der Waals surface area contributed by atoms with Crippen LogP contribution in [0.2, 0.25) is 0 Å². The molecule has 26 heavy (non-hydrogen) atoms. The van der Waals surface area contributed by atoms with Gasteiger partial charge in [-0.3, -0.25) is 4.79 Å². The van der Waals surface area contributed by atoms with Crippen molar-refractivity contribution >= 4 is 23.4 Å². The second kappa shape index (κ2) is 7.23. The summed E-state index contributed by atoms with van der Waals surface area (Å²) in [6.45, 7) is 4.91. The largest absolute Gasteiger partial charge is 0.303 e. The zero-order chi connectivity index (χ0) is 18.1. The molecule has 2 heterocycles. The molecule has 1 fully saturated rings. The summed E-state index contributed by atoms with van der Waals surface area (Å²) in [7, 11) is 0. The van der Waals surface area contributed by atoms with Crippen LogP contribution in [-0.2, 0) is 4.79 Å². The molecule has 2 aliphatic rings. The minimum atomic E-state index is 0.0253. The van der Waals surface area contributed by atoms with E-state index in [0.717, 1.165) is 28.7 Å². The number of rotatable bonds is 6. The van der Waals surface area contributed by atoms with Crippen LogP contribution in [0.15, 0.2) is 40.6 Å². The molecule has 0 atom stereocenters. The molecule has 1 saturated carbocycles. The zero-order valence-corrected chi connectivity index (χ0v) is 15.9. The Morgan fingerprint density at radius 3 is 2.69 bits per heavy atom. The second-order valence-corrected chi connectivity index (χ2v) is 8.01. The predicted molar refractivity (Wildman–Crippen MR) is 102 cm³/mol. The fraction of sp³-hybridized carbons (Fsp3) is 0.474. The van der Waals surface area contributed by atoms with Crippen molar-refractivity contribution in [1.82, 2.24) is 19.8 Å². The number of amides is 1. The molecule has 0 unspecified atom stereocenters. The summed E-state index contributed by atoms with van der Waals surface area (Å²) in [5, 5.41) is 15.6. The molecule has 2 aromatic rings. The van der Waals surface area contributed by atoms with Gasteiger partial charge < -0.3 is 4.57 Å². The minimum Gasteiger partial charge on any atom is -0.303 e. The molecular weight excluding hydrogens is 346 g/mol. The number of hydrogen-bond acceptors (Lipinski definition) is 5. The molecule has 0 bridgehead atoms. The summed E-state index contributed by atoms with van der Waals surface area (Å²) >= 11 is 1.47. The molecule has 1 amide bonds. The number of carbonyl (C=O) groups excluding carboxylic acids is 1. The van der Waals surface area contributed by atoms with Gasteiger partial charge in [0.2, 0.25) is 0 Å². The number of nitrogens with zero attached hydrogens (tertiary/aromatic N) is 5. The Balaban J connectivity index is 1.41. The van der Waals surface area contributed by atoms with E-state index in [9.17, 15) is 4.79 Å². The van der Waals surface area contributed by atoms with Crippen LogP contribution >= 0.6 is 11.8 Å². The van der Waals surface area contributed by atoms with Crippen molar-refractivity contribution in [3.8, 4) is 0 Å². The van der Waals surface area contributed by atoms with Crippen molar-refractivity contribution in [2.75, 3.05) is 12.3 Å². The van der Waals surface area contributed by atoms with Crippen LogP contribution in [0.5, 0.6) is 0 Å². The second-order valence-electron chi connectivity index (χ2n) is 7.06. The lowest BCUT2D eigenvalue weighted by Crippen LogP contribution is -2.25. The maximum absolute atomic E-state index is 12.6. The molecule has 4 rings (SSSR count). The molecule has 136 valence electrons. The molecule has 0 saturated heterocycles. The highest BCUT2D eigenvalue weighted by Gasteiger charge is 2.31. The maximum Gasteiger partial charge on any atom is 0.253 e. The van der Waals surface area contributed by atoms with Gasteiger partial charge in [-0.2, -0.15) is 5.10 Å². The van der Waals surface area contributed by atoms with Gasteiger partial charge in [0.1, 0.15) is 5.82 Å². The van der Waals surface area contributed by atoms with E-state index < -0.39 is 0 Å². The van der Waals surface area contributed by atoms with Gasteiger partial charge in [0.25, 0.3) is 5.91 Å². The molecule has 1 aliphatic carbocycles. The molecular formula is C19H23N5OS. The van der Waals surface area contributed by atoms with Crippen LogP contribution in [0.3, 0.4) is 0 Å². The van der Waals surface area contributed by atoms with E-state index in [0.29, 0.717) is 24.3 Å². The van der Waals surface area contributed by atoms with E-state index in [1.807, 2.05) is 30.3 Å². The fourth-order valence-corrected chi connectivity index (χ4v) is 4.01. The van der Waals surface area contributed by atoms with Gasteiger partial charge in [-0.15, -0.1) is 10.2 Å². The standard InChI is InChI=1S/C19H23N5OS/c1-13(2)18-20-21-19(24(18)15-8-9-15)26-12-17(25)23-11-10-16(22-23)14-6-4-3-5-7-14/h3-7,13,15H,8-12H2,1-2H3. The summed E-state index contributed by atoms with van der Waals surface area (Å²) in [4.78, 5) is 12.6. The third-order valence-corrected chi connectivity index (χ3v) is 5.57. The predicted octanol–water partition coefficient (Wildman–Crippen LogP) is 3.47. The minimum absolute atomic E-state index is 0.0253. The van der Waals surface area contributed by atoms with Crippen molar-refractivity contribution < 1.29 is 4.79 Å². The first-order chi connectivity index (χ1) is 12.6. The highest BCUT2D eigenvalue weighted by Crippen LogP contribution is 2.40. The molecule has 6 nitrogen and oxygen atoms in total. The SMILES string of the molecule is CC(C)c1nnc(SCC(=O)N2CCC(c3ccccc3)=N2)n1C1CC1. The van der Waals surface area contributed by atoms with Crippen molar-refractivity contribution in [3.05, 3.63) is 41.7 Å². The summed E-state index contributed by atoms with van der Waals surface area (Å²) in [5.41, 5.74) is 2.07. The van der Waals surface area contributed by atoms with Gasteiger partial charge >= 0.3 is 0 Å². The van der Waals surface area contributed by atoms with Gasteiger partial charge in [0.15, 0.2) is 5.16 Å². The average Bonchev–Trinajstić information content (AvgIpc) is 3.21.